The summed E-state index contributed by atoms with van der Waals surface area (Å²) in [5, 5.41) is 15.8. The molecule has 0 radical (unpaired) electrons. The zero-order valence-corrected chi connectivity index (χ0v) is 17.1. The summed E-state index contributed by atoms with van der Waals surface area (Å²) in [6.07, 6.45) is 4.00. The molecule has 3 N–H and O–H groups in total. The summed E-state index contributed by atoms with van der Waals surface area (Å²) in [7, 11) is 0. The molecule has 2 heterocycles. The van der Waals surface area contributed by atoms with Gasteiger partial charge in [0.25, 0.3) is 0 Å². The fraction of sp³-hybridized carbons (Fsp3) is 0.500. The Balaban J connectivity index is 0.00000264. The molecule has 0 bridgehead atoms. The summed E-state index contributed by atoms with van der Waals surface area (Å²) < 4.78 is 0. The molecule has 0 aliphatic carbocycles. The van der Waals surface area contributed by atoms with E-state index in [2.05, 4.69) is 58.0 Å². The van der Waals surface area contributed by atoms with Crippen LogP contribution < -0.4 is 10.6 Å². The normalized spacial score (nSPS) is 11.2. The second-order valence-corrected chi connectivity index (χ2v) is 6.27. The van der Waals surface area contributed by atoms with Crippen molar-refractivity contribution in [2.24, 2.45) is 4.99 Å². The summed E-state index contributed by atoms with van der Waals surface area (Å²) in [4.78, 5) is 5.98. The maximum absolute atomic E-state index is 4.66. The van der Waals surface area contributed by atoms with Crippen molar-refractivity contribution in [1.82, 2.24) is 20.8 Å². The van der Waals surface area contributed by atoms with Crippen LogP contribution in [0, 0.1) is 13.8 Å². The van der Waals surface area contributed by atoms with Crippen LogP contribution in [0.5, 0.6) is 0 Å². The van der Waals surface area contributed by atoms with E-state index in [1.807, 2.05) is 6.20 Å². The molecule has 0 saturated carbocycles. The van der Waals surface area contributed by atoms with Gasteiger partial charge in [-0.3, -0.25) is 5.10 Å². The van der Waals surface area contributed by atoms with Crippen LogP contribution in [-0.2, 0) is 13.0 Å². The number of aromatic amines is 1. The molecule has 0 saturated heterocycles. The number of guanidine groups is 1. The highest BCUT2D eigenvalue weighted by Crippen LogP contribution is 2.16. The Bertz CT molecular complexity index is 605. The molecule has 0 spiro atoms. The number of thiophene rings is 1. The second-order valence-electron chi connectivity index (χ2n) is 5.27. The molecule has 0 aromatic carbocycles. The first-order valence-electron chi connectivity index (χ1n) is 7.74. The van der Waals surface area contributed by atoms with Crippen LogP contribution in [0.15, 0.2) is 22.6 Å². The molecule has 0 aliphatic rings. The zero-order valence-electron chi connectivity index (χ0n) is 14.0. The highest BCUT2D eigenvalue weighted by Gasteiger charge is 2.02. The Morgan fingerprint density at radius 3 is 2.78 bits per heavy atom. The Morgan fingerprint density at radius 1 is 1.35 bits per heavy atom. The van der Waals surface area contributed by atoms with E-state index >= 15 is 0 Å². The molecular formula is C16H26IN5S. The molecule has 23 heavy (non-hydrogen) atoms. The molecule has 0 amide bonds. The van der Waals surface area contributed by atoms with Crippen LogP contribution in [0.25, 0.3) is 0 Å². The minimum atomic E-state index is 0. The van der Waals surface area contributed by atoms with Gasteiger partial charge in [-0.1, -0.05) is 0 Å². The third kappa shape index (κ3) is 6.50. The number of halogens is 1. The minimum Gasteiger partial charge on any atom is -0.357 e. The maximum atomic E-state index is 4.66. The zero-order chi connectivity index (χ0) is 15.8. The first-order chi connectivity index (χ1) is 10.7. The summed E-state index contributed by atoms with van der Waals surface area (Å²) in [5.74, 6) is 0.888. The van der Waals surface area contributed by atoms with Crippen molar-refractivity contribution < 1.29 is 0 Å². The van der Waals surface area contributed by atoms with Crippen LogP contribution in [-0.4, -0.2) is 29.2 Å². The van der Waals surface area contributed by atoms with Gasteiger partial charge in [0.1, 0.15) is 0 Å². The van der Waals surface area contributed by atoms with Gasteiger partial charge in [-0.25, -0.2) is 4.99 Å². The number of hydrogen-bond donors (Lipinski definition) is 3. The maximum Gasteiger partial charge on any atom is 0.191 e. The van der Waals surface area contributed by atoms with E-state index in [0.29, 0.717) is 0 Å². The summed E-state index contributed by atoms with van der Waals surface area (Å²) >= 11 is 1.76. The highest BCUT2D eigenvalue weighted by atomic mass is 127. The Labute approximate surface area is 159 Å². The van der Waals surface area contributed by atoms with E-state index in [0.717, 1.165) is 44.1 Å². The summed E-state index contributed by atoms with van der Waals surface area (Å²) in [6.45, 7) is 8.79. The molecule has 0 unspecified atom stereocenters. The lowest BCUT2D eigenvalue weighted by Crippen LogP contribution is -2.37. The van der Waals surface area contributed by atoms with Crippen LogP contribution >= 0.6 is 35.3 Å². The number of aromatic nitrogens is 2. The Kier molecular flexibility index (Phi) is 9.23. The first kappa shape index (κ1) is 20.0. The van der Waals surface area contributed by atoms with E-state index in [1.165, 1.54) is 16.0 Å². The van der Waals surface area contributed by atoms with Gasteiger partial charge in [0.2, 0.25) is 0 Å². The largest absolute Gasteiger partial charge is 0.357 e. The average molecular weight is 447 g/mol. The Morgan fingerprint density at radius 2 is 2.17 bits per heavy atom. The van der Waals surface area contributed by atoms with Crippen molar-refractivity contribution in [3.05, 3.63) is 39.3 Å². The molecule has 0 aliphatic heterocycles. The number of rotatable bonds is 7. The molecule has 2 aromatic heterocycles. The minimum absolute atomic E-state index is 0. The van der Waals surface area contributed by atoms with Gasteiger partial charge >= 0.3 is 0 Å². The van der Waals surface area contributed by atoms with Crippen molar-refractivity contribution >= 4 is 41.3 Å². The predicted molar refractivity (Wildman–Crippen MR) is 109 cm³/mol. The average Bonchev–Trinajstić information content (AvgIpc) is 3.09. The standard InChI is InChI=1S/C16H25N5S.HI/c1-4-17-16(19-11-15-12(2)7-9-22-15)18-8-5-6-14-10-20-21-13(14)3;/h7,9-10H,4-6,8,11H2,1-3H3,(H,20,21)(H2,17,18,19);1H. The highest BCUT2D eigenvalue weighted by molar-refractivity contribution is 14.0. The molecule has 0 atom stereocenters. The lowest BCUT2D eigenvalue weighted by molar-refractivity contribution is 0.742. The molecular weight excluding hydrogens is 421 g/mol. The van der Waals surface area contributed by atoms with E-state index in [9.17, 15) is 0 Å². The smallest absolute Gasteiger partial charge is 0.191 e. The molecule has 0 fully saturated rings. The predicted octanol–water partition coefficient (Wildman–Crippen LogP) is 3.39. The van der Waals surface area contributed by atoms with E-state index in [-0.39, 0.29) is 24.0 Å². The van der Waals surface area contributed by atoms with Crippen molar-refractivity contribution in [3.63, 3.8) is 0 Å². The van der Waals surface area contributed by atoms with Gasteiger partial charge in [-0.05, 0) is 56.2 Å². The van der Waals surface area contributed by atoms with Crippen molar-refractivity contribution in [2.75, 3.05) is 13.1 Å². The van der Waals surface area contributed by atoms with Gasteiger partial charge in [-0.2, -0.15) is 5.10 Å². The topological polar surface area (TPSA) is 65.1 Å². The lowest BCUT2D eigenvalue weighted by Gasteiger charge is -2.11. The van der Waals surface area contributed by atoms with Crippen LogP contribution in [0.1, 0.15) is 35.0 Å². The third-order valence-corrected chi connectivity index (χ3v) is 4.55. The number of hydrogen-bond acceptors (Lipinski definition) is 3. The van der Waals surface area contributed by atoms with Crippen molar-refractivity contribution in [1.29, 1.82) is 0 Å². The van der Waals surface area contributed by atoms with Gasteiger partial charge in [0.15, 0.2) is 5.96 Å². The van der Waals surface area contributed by atoms with Gasteiger partial charge in [0, 0.05) is 23.7 Å². The van der Waals surface area contributed by atoms with E-state index in [4.69, 9.17) is 0 Å². The van der Waals surface area contributed by atoms with Gasteiger partial charge < -0.3 is 10.6 Å². The summed E-state index contributed by atoms with van der Waals surface area (Å²) in [5.41, 5.74) is 3.77. The van der Waals surface area contributed by atoms with Gasteiger partial charge in [0.05, 0.1) is 12.7 Å². The molecule has 7 heteroatoms. The number of H-pyrrole nitrogens is 1. The first-order valence-corrected chi connectivity index (χ1v) is 8.62. The molecule has 2 aromatic rings. The monoisotopic (exact) mass is 447 g/mol. The SMILES string of the molecule is CCNC(=NCc1sccc1C)NCCCc1cn[nH]c1C.I. The molecule has 2 rings (SSSR count). The van der Waals surface area contributed by atoms with Crippen LogP contribution in [0.2, 0.25) is 0 Å². The number of nitrogens with one attached hydrogen (secondary N) is 3. The second kappa shape index (κ2) is 10.6. The van der Waals surface area contributed by atoms with Crippen molar-refractivity contribution in [3.8, 4) is 0 Å². The fourth-order valence-electron chi connectivity index (χ4n) is 2.17. The van der Waals surface area contributed by atoms with Gasteiger partial charge in [-0.15, -0.1) is 35.3 Å². The number of aryl methyl sites for hydroxylation is 3. The quantitative estimate of drug-likeness (QED) is 0.264. The lowest BCUT2D eigenvalue weighted by atomic mass is 10.1. The van der Waals surface area contributed by atoms with E-state index < -0.39 is 0 Å². The Hall–Kier alpha value is -1.09. The van der Waals surface area contributed by atoms with Crippen molar-refractivity contribution in [2.45, 2.75) is 40.2 Å². The summed E-state index contributed by atoms with van der Waals surface area (Å²) in [6, 6.07) is 2.14. The van der Waals surface area contributed by atoms with E-state index in [1.54, 1.807) is 11.3 Å². The molecule has 128 valence electrons. The van der Waals surface area contributed by atoms with Crippen LogP contribution in [0.4, 0.5) is 0 Å². The number of nitrogens with zero attached hydrogens (tertiary/aromatic N) is 2. The third-order valence-electron chi connectivity index (χ3n) is 3.54. The molecule has 5 nitrogen and oxygen atoms in total. The van der Waals surface area contributed by atoms with Crippen LogP contribution in [0.3, 0.4) is 0 Å². The fourth-order valence-corrected chi connectivity index (χ4v) is 3.00. The number of aliphatic imine (C=N–C) groups is 1.